The second kappa shape index (κ2) is 5.79. The van der Waals surface area contributed by atoms with E-state index in [9.17, 15) is 9.59 Å². The fourth-order valence-corrected chi connectivity index (χ4v) is 2.27. The van der Waals surface area contributed by atoms with Crippen molar-refractivity contribution in [1.29, 1.82) is 0 Å². The summed E-state index contributed by atoms with van der Waals surface area (Å²) in [6, 6.07) is -0.0638. The lowest BCUT2D eigenvalue weighted by molar-refractivity contribution is -0.141. The standard InChI is InChI=1S/C11H17N5O3/c12-4-9-5-16(15-14-9)6-10(17)13-8-2-1-7(3-8)11(18)19/h5,7-8H,1-4,6,12H2,(H,13,17)(H,18,19). The van der Waals surface area contributed by atoms with Gasteiger partial charge >= 0.3 is 5.97 Å². The fourth-order valence-electron chi connectivity index (χ4n) is 2.27. The summed E-state index contributed by atoms with van der Waals surface area (Å²) < 4.78 is 1.42. The van der Waals surface area contributed by atoms with Crippen molar-refractivity contribution in [3.8, 4) is 0 Å². The van der Waals surface area contributed by atoms with Crippen molar-refractivity contribution in [2.75, 3.05) is 0 Å². The first-order valence-electron chi connectivity index (χ1n) is 6.19. The molecule has 0 radical (unpaired) electrons. The van der Waals surface area contributed by atoms with Crippen molar-refractivity contribution in [1.82, 2.24) is 20.3 Å². The molecule has 0 spiro atoms. The monoisotopic (exact) mass is 267 g/mol. The van der Waals surface area contributed by atoms with Gasteiger partial charge in [0.2, 0.25) is 5.91 Å². The van der Waals surface area contributed by atoms with Gasteiger partial charge in [0.1, 0.15) is 6.54 Å². The first-order valence-corrected chi connectivity index (χ1v) is 6.19. The molecule has 0 aliphatic heterocycles. The highest BCUT2D eigenvalue weighted by atomic mass is 16.4. The summed E-state index contributed by atoms with van der Waals surface area (Å²) in [5.74, 6) is -1.33. The molecule has 1 fully saturated rings. The van der Waals surface area contributed by atoms with E-state index < -0.39 is 5.97 Å². The summed E-state index contributed by atoms with van der Waals surface area (Å²) in [6.07, 6.45) is 3.43. The third-order valence-corrected chi connectivity index (χ3v) is 3.25. The van der Waals surface area contributed by atoms with Gasteiger partial charge in [0.05, 0.1) is 17.8 Å². The Kier molecular flexibility index (Phi) is 4.10. The maximum atomic E-state index is 11.8. The van der Waals surface area contributed by atoms with E-state index in [1.54, 1.807) is 6.20 Å². The molecule has 1 aromatic heterocycles. The van der Waals surface area contributed by atoms with Crippen LogP contribution in [0.5, 0.6) is 0 Å². The van der Waals surface area contributed by atoms with Crippen LogP contribution in [0.3, 0.4) is 0 Å². The normalized spacial score (nSPS) is 22.4. The molecule has 8 nitrogen and oxygen atoms in total. The highest BCUT2D eigenvalue weighted by Crippen LogP contribution is 2.25. The van der Waals surface area contributed by atoms with Crippen molar-refractivity contribution < 1.29 is 14.7 Å². The van der Waals surface area contributed by atoms with E-state index in [2.05, 4.69) is 15.6 Å². The number of aliphatic carboxylic acids is 1. The van der Waals surface area contributed by atoms with Gasteiger partial charge in [-0.05, 0) is 19.3 Å². The van der Waals surface area contributed by atoms with Gasteiger partial charge in [0.15, 0.2) is 0 Å². The molecule has 0 bridgehead atoms. The van der Waals surface area contributed by atoms with Crippen molar-refractivity contribution in [2.45, 2.75) is 38.4 Å². The van der Waals surface area contributed by atoms with Gasteiger partial charge in [-0.3, -0.25) is 9.59 Å². The minimum atomic E-state index is -0.791. The number of aromatic nitrogens is 3. The van der Waals surface area contributed by atoms with Crippen LogP contribution in [0.4, 0.5) is 0 Å². The van der Waals surface area contributed by atoms with Crippen LogP contribution in [0.15, 0.2) is 6.20 Å². The SMILES string of the molecule is NCc1cn(CC(=O)NC2CCC(C(=O)O)C2)nn1. The van der Waals surface area contributed by atoms with Gasteiger partial charge < -0.3 is 16.2 Å². The molecule has 1 aromatic rings. The van der Waals surface area contributed by atoms with Crippen LogP contribution >= 0.6 is 0 Å². The van der Waals surface area contributed by atoms with E-state index in [-0.39, 0.29) is 31.0 Å². The average molecular weight is 267 g/mol. The zero-order valence-corrected chi connectivity index (χ0v) is 10.5. The summed E-state index contributed by atoms with van der Waals surface area (Å²) in [5.41, 5.74) is 6.02. The molecule has 1 heterocycles. The van der Waals surface area contributed by atoms with E-state index >= 15 is 0 Å². The minimum Gasteiger partial charge on any atom is -0.481 e. The number of carbonyl (C=O) groups is 2. The van der Waals surface area contributed by atoms with Crippen LogP contribution in [0.25, 0.3) is 0 Å². The van der Waals surface area contributed by atoms with E-state index in [4.69, 9.17) is 10.8 Å². The molecule has 2 rings (SSSR count). The van der Waals surface area contributed by atoms with Crippen molar-refractivity contribution in [3.05, 3.63) is 11.9 Å². The summed E-state index contributed by atoms with van der Waals surface area (Å²) in [6.45, 7) is 0.353. The number of amides is 1. The Hall–Kier alpha value is -1.96. The lowest BCUT2D eigenvalue weighted by Gasteiger charge is -2.12. The molecular formula is C11H17N5O3. The molecule has 1 aliphatic carbocycles. The van der Waals surface area contributed by atoms with Crippen LogP contribution in [0.1, 0.15) is 25.0 Å². The Morgan fingerprint density at radius 3 is 2.89 bits per heavy atom. The number of nitrogens with one attached hydrogen (secondary N) is 1. The van der Waals surface area contributed by atoms with Gasteiger partial charge in [-0.15, -0.1) is 5.10 Å². The molecule has 1 amide bonds. The van der Waals surface area contributed by atoms with Crippen molar-refractivity contribution >= 4 is 11.9 Å². The predicted octanol–water partition coefficient (Wildman–Crippen LogP) is -0.894. The maximum Gasteiger partial charge on any atom is 0.306 e. The molecule has 104 valence electrons. The molecule has 19 heavy (non-hydrogen) atoms. The predicted molar refractivity (Wildman–Crippen MR) is 64.8 cm³/mol. The third-order valence-electron chi connectivity index (χ3n) is 3.25. The number of hydrogen-bond acceptors (Lipinski definition) is 5. The van der Waals surface area contributed by atoms with Gasteiger partial charge in [0, 0.05) is 12.6 Å². The Morgan fingerprint density at radius 1 is 1.53 bits per heavy atom. The fraction of sp³-hybridized carbons (Fsp3) is 0.636. The second-order valence-electron chi connectivity index (χ2n) is 4.72. The molecule has 0 saturated heterocycles. The summed E-state index contributed by atoms with van der Waals surface area (Å²) in [5, 5.41) is 19.3. The van der Waals surface area contributed by atoms with E-state index in [0.717, 1.165) is 0 Å². The zero-order valence-electron chi connectivity index (χ0n) is 10.5. The molecule has 4 N–H and O–H groups in total. The smallest absolute Gasteiger partial charge is 0.306 e. The average Bonchev–Trinajstić information content (AvgIpc) is 2.98. The molecule has 1 saturated carbocycles. The second-order valence-corrected chi connectivity index (χ2v) is 4.72. The van der Waals surface area contributed by atoms with E-state index in [1.165, 1.54) is 4.68 Å². The van der Waals surface area contributed by atoms with Gasteiger partial charge in [-0.25, -0.2) is 4.68 Å². The lowest BCUT2D eigenvalue weighted by Crippen LogP contribution is -2.35. The first kappa shape index (κ1) is 13.5. The van der Waals surface area contributed by atoms with Crippen LogP contribution in [0, 0.1) is 5.92 Å². The number of carboxylic acids is 1. The van der Waals surface area contributed by atoms with Gasteiger partial charge in [0.25, 0.3) is 0 Å². The highest BCUT2D eigenvalue weighted by molar-refractivity contribution is 5.76. The first-order chi connectivity index (χ1) is 9.08. The van der Waals surface area contributed by atoms with E-state index in [1.807, 2.05) is 0 Å². The summed E-state index contributed by atoms with van der Waals surface area (Å²) in [4.78, 5) is 22.6. The highest BCUT2D eigenvalue weighted by Gasteiger charge is 2.30. The van der Waals surface area contributed by atoms with Crippen LogP contribution in [-0.4, -0.2) is 38.0 Å². The molecule has 2 unspecified atom stereocenters. The molecular weight excluding hydrogens is 250 g/mol. The summed E-state index contributed by atoms with van der Waals surface area (Å²) in [7, 11) is 0. The number of hydrogen-bond donors (Lipinski definition) is 3. The third kappa shape index (κ3) is 3.50. The number of nitrogens with zero attached hydrogens (tertiary/aromatic N) is 3. The lowest BCUT2D eigenvalue weighted by atomic mass is 10.1. The van der Waals surface area contributed by atoms with Crippen LogP contribution in [0.2, 0.25) is 0 Å². The Morgan fingerprint density at radius 2 is 2.32 bits per heavy atom. The Labute approximate surface area is 110 Å². The summed E-state index contributed by atoms with van der Waals surface area (Å²) >= 11 is 0. The molecule has 8 heteroatoms. The number of carbonyl (C=O) groups excluding carboxylic acids is 1. The Balaban J connectivity index is 1.80. The topological polar surface area (TPSA) is 123 Å². The largest absolute Gasteiger partial charge is 0.481 e. The Bertz CT molecular complexity index is 473. The quantitative estimate of drug-likeness (QED) is 0.635. The minimum absolute atomic E-state index is 0.0638. The number of carboxylic acid groups (broad SMARTS) is 1. The number of nitrogens with two attached hydrogens (primary N) is 1. The molecule has 1 aliphatic rings. The van der Waals surface area contributed by atoms with E-state index in [0.29, 0.717) is 25.0 Å². The zero-order chi connectivity index (χ0) is 13.8. The van der Waals surface area contributed by atoms with Gasteiger partial charge in [-0.1, -0.05) is 5.21 Å². The van der Waals surface area contributed by atoms with Crippen molar-refractivity contribution in [3.63, 3.8) is 0 Å². The maximum absolute atomic E-state index is 11.8. The van der Waals surface area contributed by atoms with Gasteiger partial charge in [-0.2, -0.15) is 0 Å². The van der Waals surface area contributed by atoms with Crippen LogP contribution < -0.4 is 11.1 Å². The molecule has 2 atom stereocenters. The van der Waals surface area contributed by atoms with Crippen molar-refractivity contribution in [2.24, 2.45) is 11.7 Å². The number of rotatable bonds is 5. The molecule has 0 aromatic carbocycles. The van der Waals surface area contributed by atoms with Crippen LogP contribution in [-0.2, 0) is 22.7 Å².